The fraction of sp³-hybridized carbons (Fsp3) is 0.320. The highest BCUT2D eigenvalue weighted by molar-refractivity contribution is 6.06. The quantitative estimate of drug-likeness (QED) is 0.397. The second-order valence-corrected chi connectivity index (χ2v) is 8.31. The standard InChI is InChI=1S/C25H24F4N2O5/c1-2-22(32)30-17-4-5-18(19(12-17)24(34)35)23(33)31(13-15-7-9-36-10-8-15)14-16-3-6-20(21(26)11-16)25(27,28)29/h2-6,11-12,15H,1,7-10,13-14H2,(H,30,32)(H,34,35). The molecular weight excluding hydrogens is 484 g/mol. The van der Waals surface area contributed by atoms with Gasteiger partial charge < -0.3 is 20.1 Å². The molecule has 11 heteroatoms. The number of halogens is 4. The predicted octanol–water partition coefficient (Wildman–Crippen LogP) is 4.74. The molecule has 192 valence electrons. The second-order valence-electron chi connectivity index (χ2n) is 8.31. The first kappa shape index (κ1) is 26.9. The largest absolute Gasteiger partial charge is 0.478 e. The Morgan fingerprint density at radius 3 is 2.39 bits per heavy atom. The molecule has 1 fully saturated rings. The van der Waals surface area contributed by atoms with Gasteiger partial charge in [-0.15, -0.1) is 0 Å². The normalized spacial score (nSPS) is 14.2. The molecule has 3 rings (SSSR count). The first-order valence-corrected chi connectivity index (χ1v) is 11.0. The summed E-state index contributed by atoms with van der Waals surface area (Å²) in [4.78, 5) is 38.3. The van der Waals surface area contributed by atoms with Crippen molar-refractivity contribution in [3.8, 4) is 0 Å². The van der Waals surface area contributed by atoms with Gasteiger partial charge in [0.2, 0.25) is 5.91 Å². The van der Waals surface area contributed by atoms with Crippen molar-refractivity contribution in [3.05, 3.63) is 77.1 Å². The van der Waals surface area contributed by atoms with Crippen molar-refractivity contribution >= 4 is 23.5 Å². The summed E-state index contributed by atoms with van der Waals surface area (Å²) in [5.74, 6) is -4.15. The average Bonchev–Trinajstić information content (AvgIpc) is 2.83. The summed E-state index contributed by atoms with van der Waals surface area (Å²) in [6.45, 7) is 4.19. The number of nitrogens with one attached hydrogen (secondary N) is 1. The Labute approximate surface area is 204 Å². The zero-order chi connectivity index (χ0) is 26.5. The van der Waals surface area contributed by atoms with Crippen LogP contribution in [0.15, 0.2) is 49.1 Å². The molecule has 0 atom stereocenters. The lowest BCUT2D eigenvalue weighted by atomic mass is 9.98. The highest BCUT2D eigenvalue weighted by atomic mass is 19.4. The Morgan fingerprint density at radius 2 is 1.81 bits per heavy atom. The summed E-state index contributed by atoms with van der Waals surface area (Å²) in [5, 5.41) is 12.1. The van der Waals surface area contributed by atoms with Crippen molar-refractivity contribution < 1.29 is 41.8 Å². The summed E-state index contributed by atoms with van der Waals surface area (Å²) < 4.78 is 58.4. The molecule has 1 aliphatic rings. The van der Waals surface area contributed by atoms with E-state index in [1.807, 2.05) is 0 Å². The van der Waals surface area contributed by atoms with Crippen LogP contribution in [-0.4, -0.2) is 47.5 Å². The molecule has 1 aliphatic heterocycles. The molecule has 7 nitrogen and oxygen atoms in total. The maximum atomic E-state index is 14.2. The van der Waals surface area contributed by atoms with E-state index in [1.165, 1.54) is 17.0 Å². The zero-order valence-corrected chi connectivity index (χ0v) is 19.1. The number of amides is 2. The first-order chi connectivity index (χ1) is 17.0. The molecule has 1 saturated heterocycles. The number of nitrogens with zero attached hydrogens (tertiary/aromatic N) is 1. The molecular formula is C25H24F4N2O5. The van der Waals surface area contributed by atoms with Gasteiger partial charge in [0.05, 0.1) is 16.7 Å². The minimum Gasteiger partial charge on any atom is -0.478 e. The van der Waals surface area contributed by atoms with E-state index in [0.717, 1.165) is 24.3 Å². The first-order valence-electron chi connectivity index (χ1n) is 11.0. The predicted molar refractivity (Wildman–Crippen MR) is 122 cm³/mol. The lowest BCUT2D eigenvalue weighted by Crippen LogP contribution is -2.37. The van der Waals surface area contributed by atoms with E-state index in [9.17, 15) is 37.1 Å². The van der Waals surface area contributed by atoms with Crippen molar-refractivity contribution in [2.24, 2.45) is 5.92 Å². The Hall–Kier alpha value is -3.73. The summed E-state index contributed by atoms with van der Waals surface area (Å²) in [6.07, 6.45) is -2.61. The molecule has 1 heterocycles. The molecule has 0 radical (unpaired) electrons. The van der Waals surface area contributed by atoms with Crippen LogP contribution in [0.1, 0.15) is 44.7 Å². The Bertz CT molecular complexity index is 1160. The monoisotopic (exact) mass is 508 g/mol. The molecule has 0 unspecified atom stereocenters. The average molecular weight is 508 g/mol. The summed E-state index contributed by atoms with van der Waals surface area (Å²) in [6, 6.07) is 6.14. The number of benzene rings is 2. The van der Waals surface area contributed by atoms with E-state index in [4.69, 9.17) is 4.74 Å². The Kier molecular flexibility index (Phi) is 8.46. The third-order valence-corrected chi connectivity index (χ3v) is 5.75. The molecule has 0 bridgehead atoms. The van der Waals surface area contributed by atoms with Crippen molar-refractivity contribution in [3.63, 3.8) is 0 Å². The van der Waals surface area contributed by atoms with Gasteiger partial charge in [0, 0.05) is 32.0 Å². The highest BCUT2D eigenvalue weighted by Gasteiger charge is 2.34. The van der Waals surface area contributed by atoms with E-state index >= 15 is 0 Å². The summed E-state index contributed by atoms with van der Waals surface area (Å²) in [5.41, 5.74) is -1.72. The van der Waals surface area contributed by atoms with E-state index in [0.29, 0.717) is 32.1 Å². The number of carboxylic acid groups (broad SMARTS) is 1. The number of hydrogen-bond donors (Lipinski definition) is 2. The molecule has 2 aromatic rings. The topological polar surface area (TPSA) is 95.9 Å². The molecule has 2 aromatic carbocycles. The van der Waals surface area contributed by atoms with Crippen molar-refractivity contribution in [2.45, 2.75) is 25.6 Å². The number of hydrogen-bond acceptors (Lipinski definition) is 4. The van der Waals surface area contributed by atoms with Crippen LogP contribution >= 0.6 is 0 Å². The van der Waals surface area contributed by atoms with Crippen molar-refractivity contribution in [1.82, 2.24) is 4.90 Å². The molecule has 0 aromatic heterocycles. The SMILES string of the molecule is C=CC(=O)Nc1ccc(C(=O)N(Cc2ccc(C(F)(F)F)c(F)c2)CC2CCOCC2)c(C(=O)O)c1. The van der Waals surface area contributed by atoms with Gasteiger partial charge in [-0.3, -0.25) is 9.59 Å². The number of ether oxygens (including phenoxy) is 1. The van der Waals surface area contributed by atoms with Crippen LogP contribution in [0.5, 0.6) is 0 Å². The van der Waals surface area contributed by atoms with E-state index in [2.05, 4.69) is 11.9 Å². The molecule has 0 aliphatic carbocycles. The van der Waals surface area contributed by atoms with Gasteiger partial charge in [0.15, 0.2) is 0 Å². The summed E-state index contributed by atoms with van der Waals surface area (Å²) >= 11 is 0. The Balaban J connectivity index is 1.95. The van der Waals surface area contributed by atoms with Crippen LogP contribution in [0.25, 0.3) is 0 Å². The number of aromatic carboxylic acids is 1. The van der Waals surface area contributed by atoms with Gasteiger partial charge >= 0.3 is 12.1 Å². The van der Waals surface area contributed by atoms with Crippen LogP contribution in [0, 0.1) is 11.7 Å². The molecule has 0 saturated carbocycles. The minimum absolute atomic E-state index is 0.00132. The fourth-order valence-electron chi connectivity index (χ4n) is 3.92. The summed E-state index contributed by atoms with van der Waals surface area (Å²) in [7, 11) is 0. The molecule has 0 spiro atoms. The van der Waals surface area contributed by atoms with E-state index in [1.54, 1.807) is 0 Å². The highest BCUT2D eigenvalue weighted by Crippen LogP contribution is 2.32. The lowest BCUT2D eigenvalue weighted by Gasteiger charge is -2.30. The maximum absolute atomic E-state index is 14.2. The van der Waals surface area contributed by atoms with Crippen LogP contribution in [0.3, 0.4) is 0 Å². The van der Waals surface area contributed by atoms with Gasteiger partial charge in [-0.05, 0) is 60.7 Å². The van der Waals surface area contributed by atoms with E-state index < -0.39 is 35.3 Å². The number of alkyl halides is 3. The van der Waals surface area contributed by atoms with Crippen LogP contribution in [0.4, 0.5) is 23.2 Å². The number of anilines is 1. The van der Waals surface area contributed by atoms with Gasteiger partial charge in [-0.1, -0.05) is 12.6 Å². The number of carbonyl (C=O) groups excluding carboxylic acids is 2. The fourth-order valence-corrected chi connectivity index (χ4v) is 3.92. The van der Waals surface area contributed by atoms with Crippen molar-refractivity contribution in [1.29, 1.82) is 0 Å². The van der Waals surface area contributed by atoms with Gasteiger partial charge in [-0.25, -0.2) is 9.18 Å². The van der Waals surface area contributed by atoms with Crippen molar-refractivity contribution in [2.75, 3.05) is 25.1 Å². The molecule has 2 N–H and O–H groups in total. The van der Waals surface area contributed by atoms with Crippen LogP contribution in [-0.2, 0) is 22.3 Å². The lowest BCUT2D eigenvalue weighted by molar-refractivity contribution is -0.140. The van der Waals surface area contributed by atoms with Crippen LogP contribution in [0.2, 0.25) is 0 Å². The third kappa shape index (κ3) is 6.69. The number of carboxylic acids is 1. The minimum atomic E-state index is -4.86. The second kappa shape index (κ2) is 11.3. The number of rotatable bonds is 8. The number of carbonyl (C=O) groups is 3. The van der Waals surface area contributed by atoms with E-state index in [-0.39, 0.29) is 41.4 Å². The maximum Gasteiger partial charge on any atom is 0.419 e. The molecule has 2 amide bonds. The van der Waals surface area contributed by atoms with Gasteiger partial charge in [0.1, 0.15) is 5.82 Å². The molecule has 36 heavy (non-hydrogen) atoms. The third-order valence-electron chi connectivity index (χ3n) is 5.75. The Morgan fingerprint density at radius 1 is 1.11 bits per heavy atom. The zero-order valence-electron chi connectivity index (χ0n) is 19.1. The van der Waals surface area contributed by atoms with Gasteiger partial charge in [-0.2, -0.15) is 13.2 Å². The van der Waals surface area contributed by atoms with Gasteiger partial charge in [0.25, 0.3) is 5.91 Å². The smallest absolute Gasteiger partial charge is 0.419 e. The van der Waals surface area contributed by atoms with Crippen LogP contribution < -0.4 is 5.32 Å².